The standard InChI is InChI=1S/C10H17ClN2O2/c1-5-7(11)8-12-9(15-13-8)10(3,6-2)14-4/h7H,5-6H2,1-4H3. The van der Waals surface area contributed by atoms with Crippen LogP contribution in [-0.4, -0.2) is 17.3 Å². The van der Waals surface area contributed by atoms with E-state index in [-0.39, 0.29) is 5.38 Å². The van der Waals surface area contributed by atoms with Crippen LogP contribution in [0, 0.1) is 0 Å². The Labute approximate surface area is 95.0 Å². The van der Waals surface area contributed by atoms with Gasteiger partial charge >= 0.3 is 0 Å². The van der Waals surface area contributed by atoms with E-state index in [1.165, 1.54) is 0 Å². The molecule has 1 aromatic heterocycles. The third kappa shape index (κ3) is 2.49. The van der Waals surface area contributed by atoms with Crippen LogP contribution in [0.4, 0.5) is 0 Å². The van der Waals surface area contributed by atoms with Gasteiger partial charge in [-0.2, -0.15) is 4.98 Å². The van der Waals surface area contributed by atoms with Gasteiger partial charge in [-0.3, -0.25) is 0 Å². The summed E-state index contributed by atoms with van der Waals surface area (Å²) < 4.78 is 10.5. The summed E-state index contributed by atoms with van der Waals surface area (Å²) in [5.74, 6) is 1.02. The topological polar surface area (TPSA) is 48.2 Å². The lowest BCUT2D eigenvalue weighted by atomic mass is 10.0. The number of hydrogen-bond acceptors (Lipinski definition) is 4. The van der Waals surface area contributed by atoms with Crippen molar-refractivity contribution in [3.8, 4) is 0 Å². The minimum Gasteiger partial charge on any atom is -0.369 e. The first-order valence-electron chi connectivity index (χ1n) is 5.10. The molecule has 0 saturated carbocycles. The summed E-state index contributed by atoms with van der Waals surface area (Å²) in [6.45, 7) is 5.90. The smallest absolute Gasteiger partial charge is 0.258 e. The van der Waals surface area contributed by atoms with Crippen molar-refractivity contribution in [3.63, 3.8) is 0 Å². The van der Waals surface area contributed by atoms with E-state index in [1.807, 2.05) is 20.8 Å². The molecule has 0 bridgehead atoms. The van der Waals surface area contributed by atoms with Crippen molar-refractivity contribution in [2.45, 2.75) is 44.6 Å². The van der Waals surface area contributed by atoms with E-state index in [0.717, 1.165) is 12.8 Å². The Hall–Kier alpha value is -0.610. The highest BCUT2D eigenvalue weighted by molar-refractivity contribution is 6.20. The minimum atomic E-state index is -0.518. The highest BCUT2D eigenvalue weighted by atomic mass is 35.5. The molecule has 1 rings (SSSR count). The second-order valence-corrected chi connectivity index (χ2v) is 4.15. The molecule has 0 amide bonds. The highest BCUT2D eigenvalue weighted by Gasteiger charge is 2.31. The predicted octanol–water partition coefficient (Wildman–Crippen LogP) is 3.03. The molecule has 0 aliphatic carbocycles. The Balaban J connectivity index is 2.92. The largest absolute Gasteiger partial charge is 0.369 e. The number of nitrogens with zero attached hydrogens (tertiary/aromatic N) is 2. The fourth-order valence-corrected chi connectivity index (χ4v) is 1.23. The molecule has 0 radical (unpaired) electrons. The summed E-state index contributed by atoms with van der Waals surface area (Å²) in [7, 11) is 1.63. The summed E-state index contributed by atoms with van der Waals surface area (Å²) in [6.07, 6.45) is 1.54. The quantitative estimate of drug-likeness (QED) is 0.733. The maximum Gasteiger partial charge on any atom is 0.258 e. The van der Waals surface area contributed by atoms with Gasteiger partial charge in [0.25, 0.3) is 5.89 Å². The van der Waals surface area contributed by atoms with Crippen LogP contribution < -0.4 is 0 Å². The molecule has 0 saturated heterocycles. The van der Waals surface area contributed by atoms with Gasteiger partial charge in [0.05, 0.1) is 5.38 Å². The zero-order valence-corrected chi connectivity index (χ0v) is 10.3. The number of alkyl halides is 1. The Morgan fingerprint density at radius 1 is 1.53 bits per heavy atom. The van der Waals surface area contributed by atoms with Crippen molar-refractivity contribution >= 4 is 11.6 Å². The number of methoxy groups -OCH3 is 1. The Morgan fingerprint density at radius 3 is 2.67 bits per heavy atom. The number of aromatic nitrogens is 2. The molecule has 2 unspecified atom stereocenters. The van der Waals surface area contributed by atoms with Gasteiger partial charge in [-0.05, 0) is 19.8 Å². The molecule has 15 heavy (non-hydrogen) atoms. The van der Waals surface area contributed by atoms with E-state index >= 15 is 0 Å². The second kappa shape index (κ2) is 4.94. The van der Waals surface area contributed by atoms with E-state index in [1.54, 1.807) is 7.11 Å². The van der Waals surface area contributed by atoms with Crippen molar-refractivity contribution < 1.29 is 9.26 Å². The molecular formula is C10H17ClN2O2. The van der Waals surface area contributed by atoms with Crippen molar-refractivity contribution in [1.82, 2.24) is 10.1 Å². The fraction of sp³-hybridized carbons (Fsp3) is 0.800. The monoisotopic (exact) mass is 232 g/mol. The molecule has 1 aromatic rings. The first-order chi connectivity index (χ1) is 7.07. The van der Waals surface area contributed by atoms with Gasteiger partial charge in [0.1, 0.15) is 5.60 Å². The molecule has 1 heterocycles. The normalized spacial score (nSPS) is 17.4. The third-order valence-corrected chi connectivity index (χ3v) is 3.16. The summed E-state index contributed by atoms with van der Waals surface area (Å²) in [4.78, 5) is 4.26. The van der Waals surface area contributed by atoms with Crippen molar-refractivity contribution in [2.75, 3.05) is 7.11 Å². The van der Waals surface area contributed by atoms with Crippen LogP contribution in [0.25, 0.3) is 0 Å². The summed E-state index contributed by atoms with van der Waals surface area (Å²) >= 11 is 6.01. The molecule has 4 nitrogen and oxygen atoms in total. The van der Waals surface area contributed by atoms with E-state index in [9.17, 15) is 0 Å². The van der Waals surface area contributed by atoms with Gasteiger partial charge in [0.2, 0.25) is 0 Å². The van der Waals surface area contributed by atoms with Gasteiger partial charge < -0.3 is 9.26 Å². The molecule has 0 aliphatic heterocycles. The second-order valence-electron chi connectivity index (χ2n) is 3.62. The van der Waals surface area contributed by atoms with E-state index in [2.05, 4.69) is 10.1 Å². The van der Waals surface area contributed by atoms with Crippen molar-refractivity contribution in [2.24, 2.45) is 0 Å². The van der Waals surface area contributed by atoms with E-state index < -0.39 is 5.60 Å². The Morgan fingerprint density at radius 2 is 2.20 bits per heavy atom. The van der Waals surface area contributed by atoms with Crippen LogP contribution in [0.5, 0.6) is 0 Å². The first-order valence-corrected chi connectivity index (χ1v) is 5.54. The van der Waals surface area contributed by atoms with Gasteiger partial charge in [0.15, 0.2) is 5.82 Å². The molecule has 0 spiro atoms. The van der Waals surface area contributed by atoms with Crippen molar-refractivity contribution in [1.29, 1.82) is 0 Å². The minimum absolute atomic E-state index is 0.194. The Bertz CT molecular complexity index is 310. The van der Waals surface area contributed by atoms with Gasteiger partial charge in [0, 0.05) is 7.11 Å². The lowest BCUT2D eigenvalue weighted by Crippen LogP contribution is -2.23. The van der Waals surface area contributed by atoms with Crippen LogP contribution >= 0.6 is 11.6 Å². The van der Waals surface area contributed by atoms with E-state index in [0.29, 0.717) is 11.7 Å². The molecule has 0 aliphatic rings. The van der Waals surface area contributed by atoms with Crippen LogP contribution in [0.2, 0.25) is 0 Å². The summed E-state index contributed by atoms with van der Waals surface area (Å²) in [6, 6.07) is 0. The lowest BCUT2D eigenvalue weighted by molar-refractivity contribution is -0.0272. The maximum absolute atomic E-state index is 6.01. The summed E-state index contributed by atoms with van der Waals surface area (Å²) in [5, 5.41) is 3.66. The molecule has 2 atom stereocenters. The van der Waals surface area contributed by atoms with E-state index in [4.69, 9.17) is 20.9 Å². The summed E-state index contributed by atoms with van der Waals surface area (Å²) in [5.41, 5.74) is -0.518. The zero-order chi connectivity index (χ0) is 11.5. The fourth-order valence-electron chi connectivity index (χ4n) is 1.14. The number of hydrogen-bond donors (Lipinski definition) is 0. The molecular weight excluding hydrogens is 216 g/mol. The van der Waals surface area contributed by atoms with Crippen LogP contribution in [-0.2, 0) is 10.3 Å². The number of ether oxygens (including phenoxy) is 1. The number of rotatable bonds is 5. The van der Waals surface area contributed by atoms with Gasteiger partial charge in [-0.15, -0.1) is 11.6 Å². The van der Waals surface area contributed by atoms with Crippen LogP contribution in [0.15, 0.2) is 4.52 Å². The molecule has 0 fully saturated rings. The number of halogens is 1. The Kier molecular flexibility index (Phi) is 4.11. The molecule has 5 heteroatoms. The maximum atomic E-state index is 6.01. The average molecular weight is 233 g/mol. The SMILES string of the molecule is CCC(Cl)c1noc(C(C)(CC)OC)n1. The van der Waals surface area contributed by atoms with Crippen molar-refractivity contribution in [3.05, 3.63) is 11.7 Å². The molecule has 0 aromatic carbocycles. The first kappa shape index (κ1) is 12.5. The third-order valence-electron chi connectivity index (χ3n) is 2.66. The zero-order valence-electron chi connectivity index (χ0n) is 9.58. The lowest BCUT2D eigenvalue weighted by Gasteiger charge is -2.21. The van der Waals surface area contributed by atoms with Crippen LogP contribution in [0.1, 0.15) is 50.7 Å². The predicted molar refractivity (Wildman–Crippen MR) is 57.8 cm³/mol. The molecule has 86 valence electrons. The van der Waals surface area contributed by atoms with Gasteiger partial charge in [-0.1, -0.05) is 19.0 Å². The molecule has 0 N–H and O–H groups in total. The average Bonchev–Trinajstić information content (AvgIpc) is 2.76. The van der Waals surface area contributed by atoms with Gasteiger partial charge in [-0.25, -0.2) is 0 Å². The highest BCUT2D eigenvalue weighted by Crippen LogP contribution is 2.29. The van der Waals surface area contributed by atoms with Crippen LogP contribution in [0.3, 0.4) is 0 Å².